The van der Waals surface area contributed by atoms with E-state index in [1.807, 2.05) is 42.6 Å². The van der Waals surface area contributed by atoms with E-state index in [0.717, 1.165) is 56.5 Å². The predicted octanol–water partition coefficient (Wildman–Crippen LogP) is 7.62. The first-order chi connectivity index (χ1) is 22.4. The number of rotatable bonds is 7. The van der Waals surface area contributed by atoms with Crippen LogP contribution in [0.25, 0.3) is 38.2 Å². The number of carbonyl (C=O) groups is 1. The van der Waals surface area contributed by atoms with Crippen LogP contribution in [0.4, 0.5) is 10.9 Å². The van der Waals surface area contributed by atoms with Gasteiger partial charge in [-0.2, -0.15) is 10.2 Å². The molecule has 6 aromatic rings. The minimum atomic E-state index is -1.04. The van der Waals surface area contributed by atoms with Gasteiger partial charge in [-0.15, -0.1) is 0 Å². The average molecular weight is 631 g/mol. The first-order valence-electron chi connectivity index (χ1n) is 16.1. The molecule has 4 saturated carbocycles. The van der Waals surface area contributed by atoms with Crippen LogP contribution >= 0.6 is 11.3 Å². The third-order valence-corrected chi connectivity index (χ3v) is 11.6. The summed E-state index contributed by atoms with van der Waals surface area (Å²) < 4.78 is 4.82. The van der Waals surface area contributed by atoms with E-state index >= 15 is 0 Å². The standard InChI is InChI=1S/C35H34N8O2S/c1-20-25(16-38-42(20)19-35-12-21-6-7-22(13-35)11-23(10-21)14-35)26-17-39-43-28(18-37-32(43)31(26)33(44)45)24-8-9-30(36-15-24)41-34-40-27-4-2-3-5-29(27)46-34/h2-5,8-9,15-18,21-23H,6-7,10-14,19H2,1H3,(H,44,45)(H,36,40,41). The molecule has 4 aliphatic carbocycles. The van der Waals surface area contributed by atoms with E-state index in [2.05, 4.69) is 31.9 Å². The Bertz CT molecular complexity index is 2080. The van der Waals surface area contributed by atoms with E-state index in [9.17, 15) is 9.90 Å². The highest BCUT2D eigenvalue weighted by Crippen LogP contribution is 2.58. The molecule has 10 nitrogen and oxygen atoms in total. The van der Waals surface area contributed by atoms with Crippen LogP contribution in [0, 0.1) is 30.1 Å². The number of nitrogens with one attached hydrogen (secondary N) is 1. The Morgan fingerprint density at radius 3 is 2.50 bits per heavy atom. The second-order valence-corrected chi connectivity index (χ2v) is 14.8. The number of hydrogen-bond donors (Lipinski definition) is 2. The first kappa shape index (κ1) is 27.7. The van der Waals surface area contributed by atoms with Crippen molar-refractivity contribution in [2.45, 2.75) is 58.4 Å². The molecular weight excluding hydrogens is 597 g/mol. The van der Waals surface area contributed by atoms with Crippen molar-refractivity contribution in [1.29, 1.82) is 0 Å². The van der Waals surface area contributed by atoms with Crippen molar-refractivity contribution >= 4 is 44.1 Å². The van der Waals surface area contributed by atoms with Crippen LogP contribution < -0.4 is 5.32 Å². The maximum atomic E-state index is 12.8. The van der Waals surface area contributed by atoms with Crippen LogP contribution in [0.5, 0.6) is 0 Å². The highest BCUT2D eigenvalue weighted by Gasteiger charge is 2.48. The number of para-hydroxylation sites is 1. The average Bonchev–Trinajstić information content (AvgIpc) is 3.71. The summed E-state index contributed by atoms with van der Waals surface area (Å²) in [6, 6.07) is 11.8. The minimum absolute atomic E-state index is 0.123. The smallest absolute Gasteiger partial charge is 0.340 e. The van der Waals surface area contributed by atoms with Gasteiger partial charge in [0.1, 0.15) is 11.4 Å². The number of pyridine rings is 1. The molecule has 0 aliphatic heterocycles. The van der Waals surface area contributed by atoms with Gasteiger partial charge >= 0.3 is 5.97 Å². The molecule has 10 rings (SSSR count). The van der Waals surface area contributed by atoms with E-state index < -0.39 is 5.97 Å². The number of aromatic nitrogens is 7. The molecule has 46 heavy (non-hydrogen) atoms. The molecule has 0 amide bonds. The third-order valence-electron chi connectivity index (χ3n) is 10.7. The number of anilines is 2. The van der Waals surface area contributed by atoms with Crippen molar-refractivity contribution in [3.05, 3.63) is 72.4 Å². The SMILES string of the molecule is Cc1c(-c2cnn3c(-c4ccc(Nc5nc6ccccc6s5)nc4)cnc3c2C(=O)O)cnn1CC12CC3CCC(CC(C3)C1)C2. The quantitative estimate of drug-likeness (QED) is 0.185. The van der Waals surface area contributed by atoms with Gasteiger partial charge in [-0.1, -0.05) is 36.3 Å². The zero-order valence-electron chi connectivity index (χ0n) is 25.6. The van der Waals surface area contributed by atoms with Crippen LogP contribution in [0.3, 0.4) is 0 Å². The van der Waals surface area contributed by atoms with Gasteiger partial charge in [0.2, 0.25) is 0 Å². The van der Waals surface area contributed by atoms with Crippen LogP contribution in [0.15, 0.2) is 61.2 Å². The fourth-order valence-corrected chi connectivity index (χ4v) is 9.83. The highest BCUT2D eigenvalue weighted by atomic mass is 32.1. The minimum Gasteiger partial charge on any atom is -0.478 e. The number of carboxylic acids is 1. The first-order valence-corrected chi connectivity index (χ1v) is 16.9. The van der Waals surface area contributed by atoms with Gasteiger partial charge in [0.15, 0.2) is 10.8 Å². The van der Waals surface area contributed by atoms with Crippen LogP contribution in [-0.2, 0) is 6.54 Å². The number of nitrogens with zero attached hydrogens (tertiary/aromatic N) is 7. The van der Waals surface area contributed by atoms with Gasteiger partial charge in [0, 0.05) is 35.1 Å². The maximum absolute atomic E-state index is 12.8. The molecule has 2 unspecified atom stereocenters. The predicted molar refractivity (Wildman–Crippen MR) is 177 cm³/mol. The number of imidazole rings is 1. The van der Waals surface area contributed by atoms with Crippen molar-refractivity contribution in [3.63, 3.8) is 0 Å². The molecular formula is C35H34N8O2S. The largest absolute Gasteiger partial charge is 0.478 e. The van der Waals surface area contributed by atoms with Crippen molar-refractivity contribution in [1.82, 2.24) is 34.3 Å². The van der Waals surface area contributed by atoms with Crippen molar-refractivity contribution < 1.29 is 9.90 Å². The second-order valence-electron chi connectivity index (χ2n) is 13.7. The van der Waals surface area contributed by atoms with E-state index in [-0.39, 0.29) is 5.56 Å². The summed E-state index contributed by atoms with van der Waals surface area (Å²) in [6.07, 6.45) is 16.3. The second kappa shape index (κ2) is 10.4. The van der Waals surface area contributed by atoms with Crippen molar-refractivity contribution in [2.75, 3.05) is 5.32 Å². The molecule has 4 fully saturated rings. The summed E-state index contributed by atoms with van der Waals surface area (Å²) >= 11 is 1.57. The molecule has 0 radical (unpaired) electrons. The number of benzene rings is 1. The van der Waals surface area contributed by atoms with Gasteiger partial charge < -0.3 is 10.4 Å². The summed E-state index contributed by atoms with van der Waals surface area (Å²) in [6.45, 7) is 2.96. The van der Waals surface area contributed by atoms with Gasteiger partial charge in [-0.25, -0.2) is 24.3 Å². The molecule has 5 aromatic heterocycles. The number of carboxylic acid groups (broad SMARTS) is 1. The van der Waals surface area contributed by atoms with Gasteiger partial charge in [0.05, 0.1) is 34.5 Å². The lowest BCUT2D eigenvalue weighted by molar-refractivity contribution is 0.0169. The molecule has 232 valence electrons. The van der Waals surface area contributed by atoms with Crippen LogP contribution in [0.2, 0.25) is 0 Å². The summed E-state index contributed by atoms with van der Waals surface area (Å²) in [4.78, 5) is 26.5. The summed E-state index contributed by atoms with van der Waals surface area (Å²) in [5, 5.41) is 24.0. The monoisotopic (exact) mass is 630 g/mol. The molecule has 11 heteroatoms. The fraction of sp³-hybridized carbons (Fsp3) is 0.371. The summed E-state index contributed by atoms with van der Waals surface area (Å²) in [5.41, 5.74) is 5.42. The normalized spacial score (nSPS) is 23.7. The lowest BCUT2D eigenvalue weighted by Gasteiger charge is -2.48. The number of aromatic carboxylic acids is 1. The Balaban J connectivity index is 1.01. The Hall–Kier alpha value is -4.64. The molecule has 4 bridgehead atoms. The molecule has 1 aromatic carbocycles. The zero-order chi connectivity index (χ0) is 31.0. The molecule has 0 spiro atoms. The van der Waals surface area contributed by atoms with E-state index in [1.54, 1.807) is 34.4 Å². The van der Waals surface area contributed by atoms with Crippen LogP contribution in [0.1, 0.15) is 61.0 Å². The summed E-state index contributed by atoms with van der Waals surface area (Å²) in [7, 11) is 0. The topological polar surface area (TPSA) is 123 Å². The highest BCUT2D eigenvalue weighted by molar-refractivity contribution is 7.22. The number of fused-ring (bicyclic) bond motifs is 3. The lowest BCUT2D eigenvalue weighted by Crippen LogP contribution is -2.40. The van der Waals surface area contributed by atoms with Crippen molar-refractivity contribution in [3.8, 4) is 22.4 Å². The van der Waals surface area contributed by atoms with E-state index in [1.165, 1.54) is 44.9 Å². The Kier molecular flexibility index (Phi) is 6.28. The van der Waals surface area contributed by atoms with E-state index in [0.29, 0.717) is 28.1 Å². The van der Waals surface area contributed by atoms with Crippen molar-refractivity contribution in [2.24, 2.45) is 23.2 Å². The fourth-order valence-electron chi connectivity index (χ4n) is 8.95. The van der Waals surface area contributed by atoms with E-state index in [4.69, 9.17) is 10.2 Å². The zero-order valence-corrected chi connectivity index (χ0v) is 26.4. The van der Waals surface area contributed by atoms with Gasteiger partial charge in [-0.3, -0.25) is 4.68 Å². The Morgan fingerprint density at radius 2 is 1.74 bits per heavy atom. The maximum Gasteiger partial charge on any atom is 0.340 e. The van der Waals surface area contributed by atoms with Crippen LogP contribution in [-0.4, -0.2) is 45.4 Å². The van der Waals surface area contributed by atoms with Gasteiger partial charge in [0.25, 0.3) is 0 Å². The molecule has 2 atom stereocenters. The molecule has 5 heterocycles. The number of hydrogen-bond acceptors (Lipinski definition) is 8. The Morgan fingerprint density at radius 1 is 0.957 bits per heavy atom. The Labute approximate surface area is 269 Å². The summed E-state index contributed by atoms with van der Waals surface area (Å²) in [5.74, 6) is 2.18. The third kappa shape index (κ3) is 4.59. The van der Waals surface area contributed by atoms with Gasteiger partial charge in [-0.05, 0) is 86.5 Å². The molecule has 2 N–H and O–H groups in total. The number of thiazole rings is 1. The molecule has 4 aliphatic rings. The molecule has 0 saturated heterocycles. The lowest BCUT2D eigenvalue weighted by atomic mass is 9.58.